The van der Waals surface area contributed by atoms with Crippen LogP contribution in [0.2, 0.25) is 0 Å². The zero-order chi connectivity index (χ0) is 20.6. The molecule has 0 atom stereocenters. The summed E-state index contributed by atoms with van der Waals surface area (Å²) in [6.07, 6.45) is 3.46. The molecule has 0 unspecified atom stereocenters. The third-order valence-corrected chi connectivity index (χ3v) is 3.97. The standard InChI is InChI=1S/C23H32FNO2/c1-8-27-22(26)10-9-21(24)14-20(11-16(2)3)23-17(4)12-19(13-18(23)5)15-25(6)7/h11-14H,2,8-10,15H2,1,3-7H3/b20-11+,21-14-. The van der Waals surface area contributed by atoms with Crippen LogP contribution in [0.25, 0.3) is 5.57 Å². The van der Waals surface area contributed by atoms with Crippen molar-refractivity contribution >= 4 is 11.5 Å². The van der Waals surface area contributed by atoms with E-state index in [1.54, 1.807) is 6.92 Å². The summed E-state index contributed by atoms with van der Waals surface area (Å²) in [5.41, 5.74) is 6.03. The van der Waals surface area contributed by atoms with Crippen LogP contribution in [0.5, 0.6) is 0 Å². The molecule has 0 radical (unpaired) electrons. The normalized spacial score (nSPS) is 12.4. The third kappa shape index (κ3) is 7.92. The average Bonchev–Trinajstić information content (AvgIpc) is 2.51. The minimum absolute atomic E-state index is 0.0309. The number of carbonyl (C=O) groups excluding carboxylic acids is 1. The van der Waals surface area contributed by atoms with Crippen molar-refractivity contribution in [2.45, 2.75) is 47.1 Å². The fraction of sp³-hybridized carbons (Fsp3) is 0.435. The molecule has 0 aromatic heterocycles. The number of ether oxygens (including phenoxy) is 1. The molecule has 1 aromatic rings. The molecule has 0 aliphatic heterocycles. The number of benzene rings is 1. The van der Waals surface area contributed by atoms with Gasteiger partial charge in [-0.25, -0.2) is 4.39 Å². The van der Waals surface area contributed by atoms with E-state index in [1.165, 1.54) is 11.6 Å². The van der Waals surface area contributed by atoms with Crippen LogP contribution in [0.1, 0.15) is 48.9 Å². The van der Waals surface area contributed by atoms with Crippen LogP contribution in [-0.2, 0) is 16.1 Å². The van der Waals surface area contributed by atoms with E-state index in [9.17, 15) is 9.18 Å². The van der Waals surface area contributed by atoms with Gasteiger partial charge >= 0.3 is 5.97 Å². The van der Waals surface area contributed by atoms with E-state index in [0.29, 0.717) is 6.61 Å². The second kappa shape index (κ2) is 10.8. The van der Waals surface area contributed by atoms with Gasteiger partial charge in [-0.2, -0.15) is 0 Å². The molecule has 0 aliphatic carbocycles. The Balaban J connectivity index is 3.20. The molecular formula is C23H32FNO2. The lowest BCUT2D eigenvalue weighted by Gasteiger charge is -2.16. The number of allylic oxidation sites excluding steroid dienone is 5. The molecule has 0 bridgehead atoms. The van der Waals surface area contributed by atoms with Crippen LogP contribution in [0.15, 0.2) is 42.3 Å². The van der Waals surface area contributed by atoms with Crippen molar-refractivity contribution in [2.75, 3.05) is 20.7 Å². The number of esters is 1. The Morgan fingerprint density at radius 3 is 2.26 bits per heavy atom. The number of nitrogens with zero attached hydrogens (tertiary/aromatic N) is 1. The second-order valence-electron chi connectivity index (χ2n) is 7.18. The van der Waals surface area contributed by atoms with Crippen molar-refractivity contribution in [2.24, 2.45) is 0 Å². The largest absolute Gasteiger partial charge is 0.466 e. The predicted octanol–water partition coefficient (Wildman–Crippen LogP) is 5.52. The number of rotatable bonds is 9. The van der Waals surface area contributed by atoms with E-state index < -0.39 is 0 Å². The summed E-state index contributed by atoms with van der Waals surface area (Å²) >= 11 is 0. The first-order valence-electron chi connectivity index (χ1n) is 9.28. The van der Waals surface area contributed by atoms with Gasteiger partial charge in [-0.3, -0.25) is 4.79 Å². The van der Waals surface area contributed by atoms with Gasteiger partial charge in [-0.05, 0) is 75.7 Å². The van der Waals surface area contributed by atoms with Crippen molar-refractivity contribution in [3.8, 4) is 0 Å². The average molecular weight is 374 g/mol. The zero-order valence-electron chi connectivity index (χ0n) is 17.5. The van der Waals surface area contributed by atoms with Gasteiger partial charge in [0.25, 0.3) is 0 Å². The van der Waals surface area contributed by atoms with Crippen LogP contribution in [-0.4, -0.2) is 31.6 Å². The molecule has 27 heavy (non-hydrogen) atoms. The van der Waals surface area contributed by atoms with Crippen LogP contribution in [0.3, 0.4) is 0 Å². The lowest BCUT2D eigenvalue weighted by Crippen LogP contribution is -2.11. The number of hydrogen-bond acceptors (Lipinski definition) is 3. The number of hydrogen-bond donors (Lipinski definition) is 0. The maximum Gasteiger partial charge on any atom is 0.306 e. The molecule has 1 aromatic carbocycles. The quantitative estimate of drug-likeness (QED) is 0.421. The van der Waals surface area contributed by atoms with Crippen LogP contribution >= 0.6 is 0 Å². The van der Waals surface area contributed by atoms with Crippen LogP contribution in [0, 0.1) is 13.8 Å². The van der Waals surface area contributed by atoms with E-state index in [-0.39, 0.29) is 24.6 Å². The SMILES string of the molecule is C=C(C)/C=C(\C=C(/F)CCC(=O)OCC)c1c(C)cc(CN(C)C)cc1C. The molecule has 0 spiro atoms. The monoisotopic (exact) mass is 373 g/mol. The summed E-state index contributed by atoms with van der Waals surface area (Å²) in [5.74, 6) is -0.724. The Morgan fingerprint density at radius 2 is 1.78 bits per heavy atom. The molecule has 3 nitrogen and oxygen atoms in total. The summed E-state index contributed by atoms with van der Waals surface area (Å²) in [6, 6.07) is 4.28. The molecule has 1 rings (SSSR count). The van der Waals surface area contributed by atoms with Gasteiger partial charge in [-0.15, -0.1) is 0 Å². The first kappa shape index (κ1) is 22.8. The van der Waals surface area contributed by atoms with Crippen molar-refractivity contribution < 1.29 is 13.9 Å². The summed E-state index contributed by atoms with van der Waals surface area (Å²) in [6.45, 7) is 12.8. The molecule has 0 aliphatic rings. The highest BCUT2D eigenvalue weighted by molar-refractivity contribution is 5.80. The lowest BCUT2D eigenvalue weighted by molar-refractivity contribution is -0.143. The Morgan fingerprint density at radius 1 is 1.19 bits per heavy atom. The number of aryl methyl sites for hydroxylation is 2. The van der Waals surface area contributed by atoms with Crippen LogP contribution in [0.4, 0.5) is 4.39 Å². The van der Waals surface area contributed by atoms with Crippen molar-refractivity contribution in [3.63, 3.8) is 0 Å². The van der Waals surface area contributed by atoms with E-state index >= 15 is 0 Å². The molecule has 0 heterocycles. The van der Waals surface area contributed by atoms with E-state index in [2.05, 4.69) is 23.6 Å². The Hall–Kier alpha value is -2.20. The molecular weight excluding hydrogens is 341 g/mol. The molecule has 148 valence electrons. The van der Waals surface area contributed by atoms with Gasteiger partial charge < -0.3 is 9.64 Å². The van der Waals surface area contributed by atoms with Gasteiger partial charge in [0.05, 0.1) is 13.0 Å². The fourth-order valence-electron chi connectivity index (χ4n) is 3.11. The molecule has 0 saturated carbocycles. The van der Waals surface area contributed by atoms with Gasteiger partial charge in [0, 0.05) is 13.0 Å². The Bertz CT molecular complexity index is 722. The van der Waals surface area contributed by atoms with Crippen molar-refractivity contribution in [1.82, 2.24) is 4.90 Å². The zero-order valence-corrected chi connectivity index (χ0v) is 17.5. The number of carbonyl (C=O) groups is 1. The molecule has 0 N–H and O–H groups in total. The fourth-order valence-corrected chi connectivity index (χ4v) is 3.11. The highest BCUT2D eigenvalue weighted by Crippen LogP contribution is 2.29. The third-order valence-electron chi connectivity index (χ3n) is 3.97. The van der Waals surface area contributed by atoms with E-state index in [4.69, 9.17) is 4.74 Å². The smallest absolute Gasteiger partial charge is 0.306 e. The van der Waals surface area contributed by atoms with E-state index in [1.807, 2.05) is 40.9 Å². The topological polar surface area (TPSA) is 29.5 Å². The Kier molecular flexibility index (Phi) is 9.16. The first-order valence-corrected chi connectivity index (χ1v) is 9.28. The maximum absolute atomic E-state index is 14.5. The van der Waals surface area contributed by atoms with E-state index in [0.717, 1.165) is 34.4 Å². The minimum atomic E-state index is -0.383. The lowest BCUT2D eigenvalue weighted by atomic mass is 9.91. The van der Waals surface area contributed by atoms with Gasteiger partial charge in [-0.1, -0.05) is 30.4 Å². The molecule has 4 heteroatoms. The van der Waals surface area contributed by atoms with Gasteiger partial charge in [0.2, 0.25) is 0 Å². The molecule has 0 amide bonds. The summed E-state index contributed by atoms with van der Waals surface area (Å²) in [5, 5.41) is 0. The highest BCUT2D eigenvalue weighted by atomic mass is 19.1. The number of halogens is 1. The minimum Gasteiger partial charge on any atom is -0.466 e. The van der Waals surface area contributed by atoms with Crippen molar-refractivity contribution in [1.29, 1.82) is 0 Å². The Labute approximate surface area is 163 Å². The second-order valence-corrected chi connectivity index (χ2v) is 7.18. The van der Waals surface area contributed by atoms with Gasteiger partial charge in [0.15, 0.2) is 0 Å². The summed E-state index contributed by atoms with van der Waals surface area (Å²) in [4.78, 5) is 13.6. The molecule has 0 fully saturated rings. The maximum atomic E-state index is 14.5. The highest BCUT2D eigenvalue weighted by Gasteiger charge is 2.12. The van der Waals surface area contributed by atoms with Gasteiger partial charge in [0.1, 0.15) is 5.83 Å². The molecule has 0 saturated heterocycles. The summed E-state index contributed by atoms with van der Waals surface area (Å²) < 4.78 is 19.3. The summed E-state index contributed by atoms with van der Waals surface area (Å²) in [7, 11) is 4.07. The predicted molar refractivity (Wildman–Crippen MR) is 111 cm³/mol. The first-order chi connectivity index (χ1) is 12.6. The van der Waals surface area contributed by atoms with Crippen molar-refractivity contribution in [3.05, 3.63) is 64.5 Å². The van der Waals surface area contributed by atoms with Crippen LogP contribution < -0.4 is 0 Å².